The molecule has 22 heavy (non-hydrogen) atoms. The molecule has 2 rings (SSSR count). The van der Waals surface area contributed by atoms with Crippen LogP contribution in [0.3, 0.4) is 0 Å². The van der Waals surface area contributed by atoms with Crippen LogP contribution in [-0.2, 0) is 12.8 Å². The number of rotatable bonds is 8. The van der Waals surface area contributed by atoms with Crippen molar-refractivity contribution in [1.82, 2.24) is 0 Å². The highest BCUT2D eigenvalue weighted by Crippen LogP contribution is 2.36. The summed E-state index contributed by atoms with van der Waals surface area (Å²) >= 11 is 6.30. The third-order valence-electron chi connectivity index (χ3n) is 3.42. The van der Waals surface area contributed by atoms with Crippen LogP contribution in [0.4, 0.5) is 0 Å². The fourth-order valence-electron chi connectivity index (χ4n) is 2.32. The van der Waals surface area contributed by atoms with Gasteiger partial charge in [-0.25, -0.2) is 0 Å². The van der Waals surface area contributed by atoms with Crippen LogP contribution in [0.2, 0.25) is 5.02 Å². The second kappa shape index (κ2) is 8.66. The zero-order valence-corrected chi connectivity index (χ0v) is 13.6. The zero-order chi connectivity index (χ0) is 15.8. The van der Waals surface area contributed by atoms with E-state index in [4.69, 9.17) is 26.8 Å². The van der Waals surface area contributed by atoms with Crippen molar-refractivity contribution in [2.75, 3.05) is 20.3 Å². The van der Waals surface area contributed by atoms with Gasteiger partial charge in [-0.15, -0.1) is 0 Å². The topological polar surface area (TPSA) is 44.5 Å². The molecule has 0 spiro atoms. The lowest BCUT2D eigenvalue weighted by molar-refractivity contribution is 0.289. The highest BCUT2D eigenvalue weighted by Gasteiger charge is 2.11. The van der Waals surface area contributed by atoms with Crippen molar-refractivity contribution in [1.29, 1.82) is 0 Å². The number of methoxy groups -OCH3 is 1. The lowest BCUT2D eigenvalue weighted by atomic mass is 10.1. The van der Waals surface area contributed by atoms with E-state index >= 15 is 0 Å². The molecule has 0 radical (unpaired) electrons. The minimum atomic E-state index is 0.572. The fraction of sp³-hybridized carbons (Fsp3) is 0.333. The van der Waals surface area contributed by atoms with Gasteiger partial charge < -0.3 is 15.2 Å². The summed E-state index contributed by atoms with van der Waals surface area (Å²) in [6.07, 6.45) is 2.67. The quantitative estimate of drug-likeness (QED) is 0.751. The Bertz CT molecular complexity index is 587. The summed E-state index contributed by atoms with van der Waals surface area (Å²) in [4.78, 5) is 0. The molecule has 0 bridgehead atoms. The van der Waals surface area contributed by atoms with Crippen LogP contribution >= 0.6 is 11.6 Å². The molecule has 2 N–H and O–H groups in total. The van der Waals surface area contributed by atoms with Crippen LogP contribution in [-0.4, -0.2) is 20.3 Å². The van der Waals surface area contributed by atoms with Crippen molar-refractivity contribution in [3.63, 3.8) is 0 Å². The van der Waals surface area contributed by atoms with Crippen molar-refractivity contribution in [2.24, 2.45) is 5.73 Å². The number of benzene rings is 2. The molecule has 4 heteroatoms. The largest absolute Gasteiger partial charge is 0.493 e. The van der Waals surface area contributed by atoms with E-state index in [0.717, 1.165) is 24.8 Å². The van der Waals surface area contributed by atoms with Gasteiger partial charge in [0.25, 0.3) is 0 Å². The summed E-state index contributed by atoms with van der Waals surface area (Å²) in [5.41, 5.74) is 7.94. The zero-order valence-electron chi connectivity index (χ0n) is 12.8. The molecule has 0 heterocycles. The van der Waals surface area contributed by atoms with Crippen LogP contribution in [0.5, 0.6) is 11.5 Å². The second-order valence-electron chi connectivity index (χ2n) is 5.09. The van der Waals surface area contributed by atoms with Crippen LogP contribution in [0.25, 0.3) is 0 Å². The van der Waals surface area contributed by atoms with Gasteiger partial charge in [-0.05, 0) is 49.1 Å². The highest BCUT2D eigenvalue weighted by atomic mass is 35.5. The van der Waals surface area contributed by atoms with Crippen LogP contribution in [0, 0.1) is 0 Å². The summed E-state index contributed by atoms with van der Waals surface area (Å²) in [6.45, 7) is 1.18. The predicted molar refractivity (Wildman–Crippen MR) is 91.0 cm³/mol. The predicted octanol–water partition coefficient (Wildman–Crippen LogP) is 3.86. The molecule has 0 aliphatic carbocycles. The Kier molecular flexibility index (Phi) is 6.56. The Morgan fingerprint density at radius 1 is 1.05 bits per heavy atom. The van der Waals surface area contributed by atoms with Gasteiger partial charge in [0.05, 0.1) is 18.7 Å². The summed E-state index contributed by atoms with van der Waals surface area (Å²) in [7, 11) is 1.62. The van der Waals surface area contributed by atoms with Crippen molar-refractivity contribution in [3.05, 3.63) is 58.6 Å². The first kappa shape index (κ1) is 16.7. The average Bonchev–Trinajstić information content (AvgIpc) is 2.54. The maximum absolute atomic E-state index is 6.30. The van der Waals surface area contributed by atoms with Gasteiger partial charge in [0.2, 0.25) is 0 Å². The molecule has 0 fully saturated rings. The normalized spacial score (nSPS) is 10.5. The SMILES string of the molecule is COc1cc(CCN)cc(Cl)c1OCCCc1ccccc1. The minimum Gasteiger partial charge on any atom is -0.493 e. The van der Waals surface area contributed by atoms with Gasteiger partial charge >= 0.3 is 0 Å². The fourth-order valence-corrected chi connectivity index (χ4v) is 2.61. The Morgan fingerprint density at radius 3 is 2.50 bits per heavy atom. The molecule has 0 aliphatic rings. The van der Waals surface area contributed by atoms with Crippen LogP contribution < -0.4 is 15.2 Å². The van der Waals surface area contributed by atoms with E-state index in [9.17, 15) is 0 Å². The summed E-state index contributed by atoms with van der Waals surface area (Å²) < 4.78 is 11.2. The smallest absolute Gasteiger partial charge is 0.179 e. The first-order valence-corrected chi connectivity index (χ1v) is 7.85. The Hall–Kier alpha value is -1.71. The van der Waals surface area contributed by atoms with E-state index in [0.29, 0.717) is 29.7 Å². The summed E-state index contributed by atoms with van der Waals surface area (Å²) in [5.74, 6) is 1.27. The van der Waals surface area contributed by atoms with Crippen LogP contribution in [0.1, 0.15) is 17.5 Å². The van der Waals surface area contributed by atoms with Gasteiger partial charge in [0.1, 0.15) is 0 Å². The molecule has 0 aromatic heterocycles. The van der Waals surface area contributed by atoms with E-state index in [1.54, 1.807) is 7.11 Å². The molecular formula is C18H22ClNO2. The maximum atomic E-state index is 6.30. The average molecular weight is 320 g/mol. The van der Waals surface area contributed by atoms with E-state index in [-0.39, 0.29) is 0 Å². The lowest BCUT2D eigenvalue weighted by Gasteiger charge is -2.14. The molecule has 0 aliphatic heterocycles. The van der Waals surface area contributed by atoms with Crippen molar-refractivity contribution in [3.8, 4) is 11.5 Å². The lowest BCUT2D eigenvalue weighted by Crippen LogP contribution is -2.05. The third-order valence-corrected chi connectivity index (χ3v) is 3.70. The first-order chi connectivity index (χ1) is 10.7. The summed E-state index contributed by atoms with van der Waals surface area (Å²) in [5, 5.41) is 0.572. The highest BCUT2D eigenvalue weighted by molar-refractivity contribution is 6.32. The second-order valence-corrected chi connectivity index (χ2v) is 5.49. The van der Waals surface area contributed by atoms with Gasteiger partial charge in [-0.1, -0.05) is 41.9 Å². The van der Waals surface area contributed by atoms with E-state index in [1.807, 2.05) is 30.3 Å². The minimum absolute atomic E-state index is 0.572. The van der Waals surface area contributed by atoms with Crippen molar-refractivity contribution in [2.45, 2.75) is 19.3 Å². The number of nitrogens with two attached hydrogens (primary N) is 1. The number of ether oxygens (including phenoxy) is 2. The van der Waals surface area contributed by atoms with E-state index < -0.39 is 0 Å². The molecule has 0 saturated carbocycles. The van der Waals surface area contributed by atoms with Crippen LogP contribution in [0.15, 0.2) is 42.5 Å². The molecule has 0 saturated heterocycles. The van der Waals surface area contributed by atoms with Gasteiger partial charge in [-0.3, -0.25) is 0 Å². The summed E-state index contributed by atoms with van der Waals surface area (Å²) in [6, 6.07) is 14.2. The molecule has 3 nitrogen and oxygen atoms in total. The molecule has 2 aromatic carbocycles. The van der Waals surface area contributed by atoms with Gasteiger partial charge in [0, 0.05) is 0 Å². The molecular weight excluding hydrogens is 298 g/mol. The number of halogens is 1. The standard InChI is InChI=1S/C18H22ClNO2/c1-21-17-13-15(9-10-20)12-16(19)18(17)22-11-5-8-14-6-3-2-4-7-14/h2-4,6-7,12-13H,5,8-11,20H2,1H3. The monoisotopic (exact) mass is 319 g/mol. The Morgan fingerprint density at radius 2 is 1.82 bits per heavy atom. The molecule has 2 aromatic rings. The number of aryl methyl sites for hydroxylation is 1. The maximum Gasteiger partial charge on any atom is 0.179 e. The number of hydrogen-bond acceptors (Lipinski definition) is 3. The van der Waals surface area contributed by atoms with Gasteiger partial charge in [-0.2, -0.15) is 0 Å². The Balaban J connectivity index is 1.94. The molecule has 118 valence electrons. The molecule has 0 atom stereocenters. The van der Waals surface area contributed by atoms with Gasteiger partial charge in [0.15, 0.2) is 11.5 Å². The Labute approximate surface area is 137 Å². The van der Waals surface area contributed by atoms with E-state index in [2.05, 4.69) is 12.1 Å². The van der Waals surface area contributed by atoms with Crippen molar-refractivity contribution >= 4 is 11.6 Å². The third kappa shape index (κ3) is 4.65. The van der Waals surface area contributed by atoms with E-state index in [1.165, 1.54) is 5.56 Å². The molecule has 0 amide bonds. The first-order valence-electron chi connectivity index (χ1n) is 7.47. The molecule has 0 unspecified atom stereocenters. The van der Waals surface area contributed by atoms with Crippen molar-refractivity contribution < 1.29 is 9.47 Å². The number of hydrogen-bond donors (Lipinski definition) is 1.